The second kappa shape index (κ2) is 6.81. The Balaban J connectivity index is 1.79. The summed E-state index contributed by atoms with van der Waals surface area (Å²) in [6.07, 6.45) is 0. The molecule has 1 heterocycles. The minimum atomic E-state index is -0.576. The third-order valence-corrected chi connectivity index (χ3v) is 5.55. The van der Waals surface area contributed by atoms with Crippen molar-refractivity contribution in [3.05, 3.63) is 70.2 Å². The maximum Gasteiger partial charge on any atom is 0.136 e. The zero-order valence-electron chi connectivity index (χ0n) is 12.8. The van der Waals surface area contributed by atoms with Gasteiger partial charge >= 0.3 is 0 Å². The van der Waals surface area contributed by atoms with Crippen molar-refractivity contribution in [1.82, 2.24) is 4.98 Å². The lowest BCUT2D eigenvalue weighted by atomic mass is 10.2. The molecule has 0 radical (unpaired) electrons. The first kappa shape index (κ1) is 16.1. The van der Waals surface area contributed by atoms with Crippen LogP contribution in [0.15, 0.2) is 46.7 Å². The summed E-state index contributed by atoms with van der Waals surface area (Å²) < 4.78 is 27.6. The zero-order chi connectivity index (χ0) is 16.4. The van der Waals surface area contributed by atoms with Crippen molar-refractivity contribution >= 4 is 23.1 Å². The zero-order valence-corrected chi connectivity index (χ0v) is 14.4. The van der Waals surface area contributed by atoms with Crippen LogP contribution in [-0.2, 0) is 5.75 Å². The largest absolute Gasteiger partial charge is 0.240 e. The van der Waals surface area contributed by atoms with Gasteiger partial charge in [0.15, 0.2) is 0 Å². The van der Waals surface area contributed by atoms with Crippen molar-refractivity contribution in [3.63, 3.8) is 0 Å². The molecule has 0 saturated heterocycles. The first-order valence-electron chi connectivity index (χ1n) is 7.13. The van der Waals surface area contributed by atoms with E-state index in [4.69, 9.17) is 0 Å². The molecule has 0 aliphatic rings. The summed E-state index contributed by atoms with van der Waals surface area (Å²) in [5.74, 6) is -0.474. The first-order valence-corrected chi connectivity index (χ1v) is 9.00. The molecule has 0 bridgehead atoms. The van der Waals surface area contributed by atoms with Gasteiger partial charge in [-0.15, -0.1) is 23.1 Å². The molecule has 1 aromatic heterocycles. The molecule has 3 rings (SSSR count). The Labute approximate surface area is 142 Å². The van der Waals surface area contributed by atoms with Crippen molar-refractivity contribution in [3.8, 4) is 10.6 Å². The molecular weight excluding hydrogens is 332 g/mol. The van der Waals surface area contributed by atoms with Crippen LogP contribution in [0.5, 0.6) is 0 Å². The van der Waals surface area contributed by atoms with Crippen molar-refractivity contribution in [2.45, 2.75) is 24.5 Å². The van der Waals surface area contributed by atoms with Gasteiger partial charge in [0.2, 0.25) is 0 Å². The Morgan fingerprint density at radius 3 is 2.57 bits per heavy atom. The SMILES string of the molecule is Cc1ccc(C)c(SCc2csc(-c3c(F)cccc3F)n2)c1. The van der Waals surface area contributed by atoms with E-state index in [-0.39, 0.29) is 5.56 Å². The molecule has 0 saturated carbocycles. The molecule has 0 N–H and O–H groups in total. The molecule has 23 heavy (non-hydrogen) atoms. The molecule has 0 unspecified atom stereocenters. The topological polar surface area (TPSA) is 12.9 Å². The van der Waals surface area contributed by atoms with Crippen LogP contribution in [0.1, 0.15) is 16.8 Å². The smallest absolute Gasteiger partial charge is 0.136 e. The highest BCUT2D eigenvalue weighted by Crippen LogP contribution is 2.32. The number of benzene rings is 2. The van der Waals surface area contributed by atoms with Gasteiger partial charge in [-0.3, -0.25) is 0 Å². The summed E-state index contributed by atoms with van der Waals surface area (Å²) in [5, 5.41) is 2.25. The van der Waals surface area contributed by atoms with E-state index in [0.29, 0.717) is 10.8 Å². The van der Waals surface area contributed by atoms with Crippen molar-refractivity contribution in [1.29, 1.82) is 0 Å². The highest BCUT2D eigenvalue weighted by atomic mass is 32.2. The fourth-order valence-corrected chi connectivity index (χ4v) is 4.19. The van der Waals surface area contributed by atoms with Crippen LogP contribution >= 0.6 is 23.1 Å². The van der Waals surface area contributed by atoms with Gasteiger partial charge < -0.3 is 0 Å². The van der Waals surface area contributed by atoms with Crippen LogP contribution < -0.4 is 0 Å². The van der Waals surface area contributed by atoms with E-state index < -0.39 is 11.6 Å². The standard InChI is InChI=1S/C18H15F2NS2/c1-11-6-7-12(2)16(8-11)22-9-13-10-23-18(21-13)17-14(19)4-3-5-15(17)20/h3-8,10H,9H2,1-2H3. The van der Waals surface area contributed by atoms with E-state index in [2.05, 4.69) is 37.0 Å². The summed E-state index contributed by atoms with van der Waals surface area (Å²) in [6.45, 7) is 4.13. The molecule has 5 heteroatoms. The molecule has 0 aliphatic heterocycles. The second-order valence-corrected chi connectivity index (χ2v) is 7.17. The summed E-state index contributed by atoms with van der Waals surface area (Å²) in [4.78, 5) is 5.59. The molecule has 0 spiro atoms. The van der Waals surface area contributed by atoms with Crippen molar-refractivity contribution < 1.29 is 8.78 Å². The van der Waals surface area contributed by atoms with Gasteiger partial charge in [0.1, 0.15) is 16.6 Å². The van der Waals surface area contributed by atoms with E-state index in [9.17, 15) is 8.78 Å². The summed E-state index contributed by atoms with van der Waals surface area (Å²) in [5.41, 5.74) is 3.22. The molecule has 3 aromatic rings. The van der Waals surface area contributed by atoms with Gasteiger partial charge in [0.25, 0.3) is 0 Å². The number of thiazole rings is 1. The predicted octanol–water partition coefficient (Wildman–Crippen LogP) is 6.00. The Morgan fingerprint density at radius 2 is 1.83 bits per heavy atom. The third kappa shape index (κ3) is 3.62. The summed E-state index contributed by atoms with van der Waals surface area (Å²) in [6, 6.07) is 10.2. The Morgan fingerprint density at radius 1 is 1.09 bits per heavy atom. The number of thioether (sulfide) groups is 1. The van der Waals surface area contributed by atoms with Crippen LogP contribution in [-0.4, -0.2) is 4.98 Å². The number of hydrogen-bond acceptors (Lipinski definition) is 3. The lowest BCUT2D eigenvalue weighted by Crippen LogP contribution is -1.90. The van der Waals surface area contributed by atoms with E-state index in [1.165, 1.54) is 45.6 Å². The second-order valence-electron chi connectivity index (χ2n) is 5.30. The average molecular weight is 347 g/mol. The van der Waals surface area contributed by atoms with Gasteiger partial charge in [0, 0.05) is 16.0 Å². The highest BCUT2D eigenvalue weighted by molar-refractivity contribution is 7.98. The van der Waals surface area contributed by atoms with Gasteiger partial charge in [-0.05, 0) is 37.6 Å². The van der Waals surface area contributed by atoms with Gasteiger partial charge in [-0.2, -0.15) is 0 Å². The number of aromatic nitrogens is 1. The molecule has 0 aliphatic carbocycles. The lowest BCUT2D eigenvalue weighted by molar-refractivity contribution is 0.589. The quantitative estimate of drug-likeness (QED) is 0.537. The van der Waals surface area contributed by atoms with Gasteiger partial charge in [0.05, 0.1) is 11.3 Å². The number of hydrogen-bond donors (Lipinski definition) is 0. The minimum absolute atomic E-state index is 0.0412. The summed E-state index contributed by atoms with van der Waals surface area (Å²) >= 11 is 2.96. The molecule has 0 atom stereocenters. The van der Waals surface area contributed by atoms with Crippen LogP contribution in [0, 0.1) is 25.5 Å². The van der Waals surface area contributed by atoms with Crippen LogP contribution in [0.2, 0.25) is 0 Å². The Bertz CT molecular complexity index is 823. The monoisotopic (exact) mass is 347 g/mol. The molecule has 2 aromatic carbocycles. The van der Waals surface area contributed by atoms with E-state index in [1.807, 2.05) is 5.38 Å². The number of nitrogens with zero attached hydrogens (tertiary/aromatic N) is 1. The molecule has 1 nitrogen and oxygen atoms in total. The van der Waals surface area contributed by atoms with Gasteiger partial charge in [-0.25, -0.2) is 13.8 Å². The average Bonchev–Trinajstić information content (AvgIpc) is 2.96. The molecular formula is C18H15F2NS2. The van der Waals surface area contributed by atoms with Crippen molar-refractivity contribution in [2.24, 2.45) is 0 Å². The molecule has 118 valence electrons. The van der Waals surface area contributed by atoms with Gasteiger partial charge in [-0.1, -0.05) is 23.8 Å². The van der Waals surface area contributed by atoms with E-state index in [1.54, 1.807) is 11.8 Å². The lowest BCUT2D eigenvalue weighted by Gasteiger charge is -2.05. The number of rotatable bonds is 4. The maximum atomic E-state index is 13.8. The number of aryl methyl sites for hydroxylation is 2. The number of halogens is 2. The Hall–Kier alpha value is -1.72. The van der Waals surface area contributed by atoms with E-state index in [0.717, 1.165) is 5.69 Å². The fourth-order valence-electron chi connectivity index (χ4n) is 2.20. The third-order valence-electron chi connectivity index (χ3n) is 3.45. The molecule has 0 fully saturated rings. The first-order chi connectivity index (χ1) is 11.0. The van der Waals surface area contributed by atoms with Crippen LogP contribution in [0.25, 0.3) is 10.6 Å². The normalized spacial score (nSPS) is 11.0. The maximum absolute atomic E-state index is 13.8. The predicted molar refractivity (Wildman–Crippen MR) is 92.9 cm³/mol. The minimum Gasteiger partial charge on any atom is -0.240 e. The fraction of sp³-hybridized carbons (Fsp3) is 0.167. The van der Waals surface area contributed by atoms with E-state index >= 15 is 0 Å². The Kier molecular flexibility index (Phi) is 4.78. The van der Waals surface area contributed by atoms with Crippen LogP contribution in [0.3, 0.4) is 0 Å². The van der Waals surface area contributed by atoms with Crippen molar-refractivity contribution in [2.75, 3.05) is 0 Å². The van der Waals surface area contributed by atoms with Crippen LogP contribution in [0.4, 0.5) is 8.78 Å². The summed E-state index contributed by atoms with van der Waals surface area (Å²) in [7, 11) is 0. The highest BCUT2D eigenvalue weighted by Gasteiger charge is 2.15. The molecule has 0 amide bonds.